The Balaban J connectivity index is 1.99. The molecule has 0 radical (unpaired) electrons. The first-order valence-electron chi connectivity index (χ1n) is 7.35. The molecule has 0 amide bonds. The Morgan fingerprint density at radius 2 is 2.00 bits per heavy atom. The minimum absolute atomic E-state index is 0.825. The van der Waals surface area contributed by atoms with Crippen LogP contribution in [0.4, 0.5) is 11.5 Å². The van der Waals surface area contributed by atoms with Crippen molar-refractivity contribution in [2.75, 3.05) is 17.2 Å². The second-order valence-corrected chi connectivity index (χ2v) is 5.43. The number of hydrogen-bond acceptors (Lipinski definition) is 3. The van der Waals surface area contributed by atoms with Gasteiger partial charge in [-0.1, -0.05) is 24.3 Å². The standard InChI is InChI=1S/C16H22N4/c1-3-20-16(15(17)12(2)18-20)19-10-6-9-13-7-4-5-8-14(13)11-19/h4-5,7-8H,3,6,9-11,17H2,1-2H3. The van der Waals surface area contributed by atoms with Gasteiger partial charge in [0.15, 0.2) is 5.82 Å². The van der Waals surface area contributed by atoms with Crippen LogP contribution in [0, 0.1) is 6.92 Å². The molecular weight excluding hydrogens is 248 g/mol. The number of benzene rings is 1. The number of aromatic nitrogens is 2. The molecule has 4 heteroatoms. The van der Waals surface area contributed by atoms with E-state index < -0.39 is 0 Å². The van der Waals surface area contributed by atoms with Crippen LogP contribution in [0.3, 0.4) is 0 Å². The fourth-order valence-electron chi connectivity index (χ4n) is 3.02. The van der Waals surface area contributed by atoms with Crippen LogP contribution < -0.4 is 10.6 Å². The van der Waals surface area contributed by atoms with E-state index in [0.29, 0.717) is 0 Å². The maximum atomic E-state index is 6.26. The van der Waals surface area contributed by atoms with Crippen LogP contribution in [0.25, 0.3) is 0 Å². The Bertz CT molecular complexity index is 615. The van der Waals surface area contributed by atoms with Crippen LogP contribution in [-0.2, 0) is 19.5 Å². The van der Waals surface area contributed by atoms with Crippen LogP contribution >= 0.6 is 0 Å². The van der Waals surface area contributed by atoms with E-state index in [1.807, 2.05) is 11.6 Å². The third kappa shape index (κ3) is 2.15. The topological polar surface area (TPSA) is 47.1 Å². The molecule has 0 fully saturated rings. The van der Waals surface area contributed by atoms with Gasteiger partial charge in [-0.25, -0.2) is 4.68 Å². The van der Waals surface area contributed by atoms with Crippen LogP contribution in [0.15, 0.2) is 24.3 Å². The lowest BCUT2D eigenvalue weighted by Gasteiger charge is -2.24. The zero-order valence-corrected chi connectivity index (χ0v) is 12.3. The van der Waals surface area contributed by atoms with Crippen molar-refractivity contribution in [2.45, 2.75) is 39.8 Å². The van der Waals surface area contributed by atoms with Crippen molar-refractivity contribution < 1.29 is 0 Å². The summed E-state index contributed by atoms with van der Waals surface area (Å²) in [5.74, 6) is 1.08. The maximum absolute atomic E-state index is 6.26. The molecule has 1 aromatic carbocycles. The van der Waals surface area contributed by atoms with Gasteiger partial charge in [0, 0.05) is 19.6 Å². The fourth-order valence-corrected chi connectivity index (χ4v) is 3.02. The first-order chi connectivity index (χ1) is 9.70. The lowest BCUT2D eigenvalue weighted by atomic mass is 10.0. The molecular formula is C16H22N4. The number of nitrogens with two attached hydrogens (primary N) is 1. The number of nitrogens with zero attached hydrogens (tertiary/aromatic N) is 3. The molecule has 0 saturated heterocycles. The van der Waals surface area contributed by atoms with Crippen LogP contribution in [-0.4, -0.2) is 16.3 Å². The summed E-state index contributed by atoms with van der Waals surface area (Å²) in [4.78, 5) is 2.38. The molecule has 0 spiro atoms. The van der Waals surface area contributed by atoms with Gasteiger partial charge in [0.25, 0.3) is 0 Å². The Labute approximate surface area is 120 Å². The molecule has 20 heavy (non-hydrogen) atoms. The van der Waals surface area contributed by atoms with E-state index in [1.165, 1.54) is 11.1 Å². The number of fused-ring (bicyclic) bond motifs is 1. The average molecular weight is 270 g/mol. The van der Waals surface area contributed by atoms with Gasteiger partial charge in [-0.15, -0.1) is 0 Å². The molecule has 0 bridgehead atoms. The molecule has 0 unspecified atom stereocenters. The summed E-state index contributed by atoms with van der Waals surface area (Å²) in [5, 5.41) is 4.54. The number of nitrogen functional groups attached to an aromatic ring is 1. The summed E-state index contributed by atoms with van der Waals surface area (Å²) < 4.78 is 2.03. The second-order valence-electron chi connectivity index (χ2n) is 5.43. The predicted octanol–water partition coefficient (Wildman–Crippen LogP) is 2.75. The molecule has 3 rings (SSSR count). The average Bonchev–Trinajstić information content (AvgIpc) is 2.64. The largest absolute Gasteiger partial charge is 0.394 e. The third-order valence-corrected chi connectivity index (χ3v) is 4.10. The van der Waals surface area contributed by atoms with Crippen molar-refractivity contribution in [3.05, 3.63) is 41.1 Å². The van der Waals surface area contributed by atoms with Crippen molar-refractivity contribution >= 4 is 11.5 Å². The zero-order valence-electron chi connectivity index (χ0n) is 12.3. The van der Waals surface area contributed by atoms with E-state index in [1.54, 1.807) is 0 Å². The summed E-state index contributed by atoms with van der Waals surface area (Å²) in [6, 6.07) is 8.71. The number of anilines is 2. The van der Waals surface area contributed by atoms with E-state index in [4.69, 9.17) is 5.73 Å². The highest BCUT2D eigenvalue weighted by atomic mass is 15.4. The Kier molecular flexibility index (Phi) is 3.38. The fraction of sp³-hybridized carbons (Fsp3) is 0.438. The van der Waals surface area contributed by atoms with Gasteiger partial charge in [0.05, 0.1) is 11.4 Å². The molecule has 0 saturated carbocycles. The smallest absolute Gasteiger partial charge is 0.150 e. The number of rotatable bonds is 2. The van der Waals surface area contributed by atoms with Gasteiger partial charge in [-0.2, -0.15) is 5.10 Å². The van der Waals surface area contributed by atoms with Gasteiger partial charge in [-0.3, -0.25) is 0 Å². The summed E-state index contributed by atoms with van der Waals surface area (Å²) in [7, 11) is 0. The highest BCUT2D eigenvalue weighted by Crippen LogP contribution is 2.30. The van der Waals surface area contributed by atoms with Gasteiger partial charge in [-0.05, 0) is 37.8 Å². The molecule has 106 valence electrons. The monoisotopic (exact) mass is 270 g/mol. The van der Waals surface area contributed by atoms with E-state index in [9.17, 15) is 0 Å². The Morgan fingerprint density at radius 1 is 1.25 bits per heavy atom. The van der Waals surface area contributed by atoms with Crippen molar-refractivity contribution in [2.24, 2.45) is 0 Å². The Hall–Kier alpha value is -1.97. The Morgan fingerprint density at radius 3 is 2.75 bits per heavy atom. The van der Waals surface area contributed by atoms with Gasteiger partial charge >= 0.3 is 0 Å². The third-order valence-electron chi connectivity index (χ3n) is 4.10. The first-order valence-corrected chi connectivity index (χ1v) is 7.35. The zero-order chi connectivity index (χ0) is 14.1. The van der Waals surface area contributed by atoms with Crippen molar-refractivity contribution in [3.63, 3.8) is 0 Å². The normalized spacial score (nSPS) is 15.0. The summed E-state index contributed by atoms with van der Waals surface area (Å²) in [5.41, 5.74) is 10.9. The maximum Gasteiger partial charge on any atom is 0.150 e. The van der Waals surface area contributed by atoms with E-state index in [0.717, 1.165) is 49.7 Å². The summed E-state index contributed by atoms with van der Waals surface area (Å²) in [6.07, 6.45) is 2.30. The van der Waals surface area contributed by atoms with Crippen LogP contribution in [0.1, 0.15) is 30.2 Å². The van der Waals surface area contributed by atoms with Gasteiger partial charge in [0.2, 0.25) is 0 Å². The SMILES string of the molecule is CCn1nc(C)c(N)c1N1CCCc2ccccc2C1. The van der Waals surface area contributed by atoms with E-state index in [2.05, 4.69) is 41.2 Å². The van der Waals surface area contributed by atoms with Crippen molar-refractivity contribution in [3.8, 4) is 0 Å². The minimum atomic E-state index is 0.825. The van der Waals surface area contributed by atoms with Gasteiger partial charge in [0.1, 0.15) is 0 Å². The number of hydrogen-bond donors (Lipinski definition) is 1. The van der Waals surface area contributed by atoms with Crippen molar-refractivity contribution in [1.29, 1.82) is 0 Å². The van der Waals surface area contributed by atoms with E-state index >= 15 is 0 Å². The highest BCUT2D eigenvalue weighted by Gasteiger charge is 2.21. The van der Waals surface area contributed by atoms with Crippen LogP contribution in [0.2, 0.25) is 0 Å². The molecule has 0 atom stereocenters. The molecule has 1 aliphatic rings. The lowest BCUT2D eigenvalue weighted by Crippen LogP contribution is -2.26. The first kappa shape index (κ1) is 13.0. The van der Waals surface area contributed by atoms with Crippen LogP contribution in [0.5, 0.6) is 0 Å². The quantitative estimate of drug-likeness (QED) is 0.912. The van der Waals surface area contributed by atoms with Crippen molar-refractivity contribution in [1.82, 2.24) is 9.78 Å². The van der Waals surface area contributed by atoms with E-state index in [-0.39, 0.29) is 0 Å². The lowest BCUT2D eigenvalue weighted by molar-refractivity contribution is 0.625. The minimum Gasteiger partial charge on any atom is -0.394 e. The molecule has 2 heterocycles. The molecule has 1 aromatic heterocycles. The molecule has 2 aromatic rings. The number of aryl methyl sites for hydroxylation is 3. The molecule has 2 N–H and O–H groups in total. The molecule has 1 aliphatic heterocycles. The summed E-state index contributed by atoms with van der Waals surface area (Å²) in [6.45, 7) is 6.90. The van der Waals surface area contributed by atoms with Gasteiger partial charge < -0.3 is 10.6 Å². The highest BCUT2D eigenvalue weighted by molar-refractivity contribution is 5.66. The molecule has 4 nitrogen and oxygen atoms in total. The second kappa shape index (κ2) is 5.19. The summed E-state index contributed by atoms with van der Waals surface area (Å²) >= 11 is 0. The molecule has 0 aliphatic carbocycles. The predicted molar refractivity (Wildman–Crippen MR) is 82.9 cm³/mol.